The molecule has 0 radical (unpaired) electrons. The fourth-order valence-corrected chi connectivity index (χ4v) is 5.50. The minimum absolute atomic E-state index is 0.0949. The van der Waals surface area contributed by atoms with Gasteiger partial charge in [-0.15, -0.1) is 0 Å². The number of halogens is 1. The van der Waals surface area contributed by atoms with E-state index in [0.717, 1.165) is 39.6 Å². The van der Waals surface area contributed by atoms with E-state index in [4.69, 9.17) is 14.5 Å². The number of aromatic nitrogens is 4. The van der Waals surface area contributed by atoms with Gasteiger partial charge >= 0.3 is 0 Å². The predicted molar refractivity (Wildman–Crippen MR) is 166 cm³/mol. The van der Waals surface area contributed by atoms with Gasteiger partial charge in [0.15, 0.2) is 0 Å². The Kier molecular flexibility index (Phi) is 8.74. The normalized spacial score (nSPS) is 11.5. The summed E-state index contributed by atoms with van der Waals surface area (Å²) in [5, 5.41) is 2.88. The maximum atomic E-state index is 13.3. The number of amides is 1. The molecule has 0 saturated heterocycles. The number of fused-ring (bicyclic) bond motifs is 1. The van der Waals surface area contributed by atoms with Crippen LogP contribution in [0.25, 0.3) is 33.5 Å². The van der Waals surface area contributed by atoms with E-state index in [1.54, 1.807) is 37.8 Å². The highest BCUT2D eigenvalue weighted by molar-refractivity contribution is 6.76. The fourth-order valence-electron chi connectivity index (χ4n) is 4.74. The lowest BCUT2D eigenvalue weighted by molar-refractivity contribution is -0.115. The highest BCUT2D eigenvalue weighted by atomic mass is 28.3. The summed E-state index contributed by atoms with van der Waals surface area (Å²) in [7, 11) is 0.344. The van der Waals surface area contributed by atoms with Gasteiger partial charge in [-0.2, -0.15) is 0 Å². The van der Waals surface area contributed by atoms with Crippen molar-refractivity contribution >= 4 is 30.8 Å². The van der Waals surface area contributed by atoms with E-state index in [-0.39, 0.29) is 24.9 Å². The third-order valence-corrected chi connectivity index (χ3v) is 8.54. The molecule has 0 aliphatic rings. The molecule has 0 spiro atoms. The van der Waals surface area contributed by atoms with E-state index in [0.29, 0.717) is 23.7 Å². The Bertz CT molecular complexity index is 1690. The van der Waals surface area contributed by atoms with Crippen LogP contribution in [0.3, 0.4) is 0 Å². The van der Waals surface area contributed by atoms with Crippen LogP contribution in [0, 0.1) is 5.82 Å². The standard InChI is InChI=1S/C32H34FN5O3Si/c1-40-26-13-16-36-30-29(25-7-5-6-14-34-25)31(38(32(26)30)21-41-17-18-42(2,3)4)23-12-15-35-27(20-23)37-28(39)19-22-8-10-24(33)11-9-22/h5-16,20H,17-19,21H2,1-4H3,(H,35,37,39). The Labute approximate surface area is 245 Å². The van der Waals surface area contributed by atoms with Gasteiger partial charge in [-0.1, -0.05) is 37.8 Å². The largest absolute Gasteiger partial charge is 0.494 e. The zero-order valence-corrected chi connectivity index (χ0v) is 25.2. The maximum absolute atomic E-state index is 13.3. The topological polar surface area (TPSA) is 91.2 Å². The molecule has 42 heavy (non-hydrogen) atoms. The van der Waals surface area contributed by atoms with Gasteiger partial charge < -0.3 is 19.4 Å². The fraction of sp³-hybridized carbons (Fsp3) is 0.250. The van der Waals surface area contributed by atoms with Gasteiger partial charge in [-0.25, -0.2) is 9.37 Å². The summed E-state index contributed by atoms with van der Waals surface area (Å²) in [4.78, 5) is 26.7. The molecule has 0 unspecified atom stereocenters. The molecule has 0 aliphatic carbocycles. The summed E-state index contributed by atoms with van der Waals surface area (Å²) in [6, 6.07) is 18.2. The van der Waals surface area contributed by atoms with Gasteiger partial charge in [-0.05, 0) is 48.0 Å². The van der Waals surface area contributed by atoms with Crippen molar-refractivity contribution in [2.24, 2.45) is 0 Å². The summed E-state index contributed by atoms with van der Waals surface area (Å²) in [5.74, 6) is 0.458. The molecular weight excluding hydrogens is 549 g/mol. The molecular formula is C32H34FN5O3Si. The van der Waals surface area contributed by atoms with Crippen LogP contribution in [0.5, 0.6) is 5.75 Å². The highest BCUT2D eigenvalue weighted by Crippen LogP contribution is 2.42. The van der Waals surface area contributed by atoms with Crippen molar-refractivity contribution in [2.45, 2.75) is 38.8 Å². The summed E-state index contributed by atoms with van der Waals surface area (Å²) < 4.78 is 27.4. The van der Waals surface area contributed by atoms with Crippen molar-refractivity contribution in [3.63, 3.8) is 0 Å². The number of anilines is 1. The molecule has 0 bridgehead atoms. The third-order valence-electron chi connectivity index (χ3n) is 6.84. The number of pyridine rings is 3. The first kappa shape index (κ1) is 29.1. The minimum Gasteiger partial charge on any atom is -0.494 e. The van der Waals surface area contributed by atoms with Crippen molar-refractivity contribution in [2.75, 3.05) is 19.0 Å². The van der Waals surface area contributed by atoms with Gasteiger partial charge in [0.1, 0.15) is 35.1 Å². The van der Waals surface area contributed by atoms with Crippen LogP contribution in [0.1, 0.15) is 5.56 Å². The molecule has 4 aromatic heterocycles. The Balaban J connectivity index is 1.58. The first-order valence-corrected chi connectivity index (χ1v) is 17.5. The zero-order valence-electron chi connectivity index (χ0n) is 24.2. The molecule has 1 N–H and O–H groups in total. The predicted octanol–water partition coefficient (Wildman–Crippen LogP) is 6.80. The van der Waals surface area contributed by atoms with Crippen LogP contribution in [-0.4, -0.2) is 47.2 Å². The smallest absolute Gasteiger partial charge is 0.229 e. The average Bonchev–Trinajstić information content (AvgIpc) is 3.31. The van der Waals surface area contributed by atoms with Gasteiger partial charge in [0, 0.05) is 44.9 Å². The summed E-state index contributed by atoms with van der Waals surface area (Å²) in [6.45, 7) is 7.88. The molecule has 216 valence electrons. The number of rotatable bonds is 11. The van der Waals surface area contributed by atoms with Gasteiger partial charge in [0.25, 0.3) is 0 Å². The second kappa shape index (κ2) is 12.6. The average molecular weight is 584 g/mol. The Hall–Kier alpha value is -4.41. The summed E-state index contributed by atoms with van der Waals surface area (Å²) in [5.41, 5.74) is 5.43. The number of nitrogens with one attached hydrogen (secondary N) is 1. The highest BCUT2D eigenvalue weighted by Gasteiger charge is 2.25. The molecule has 0 saturated carbocycles. The molecule has 0 aliphatic heterocycles. The quantitative estimate of drug-likeness (QED) is 0.136. The number of hydrogen-bond donors (Lipinski definition) is 1. The van der Waals surface area contributed by atoms with Crippen LogP contribution in [0.4, 0.5) is 10.2 Å². The lowest BCUT2D eigenvalue weighted by Crippen LogP contribution is -2.22. The SMILES string of the molecule is COc1ccnc2c(-c3ccccn3)c(-c3ccnc(NC(=O)Cc4ccc(F)cc4)c3)n(COCC[Si](C)(C)C)c12. The molecule has 0 atom stereocenters. The first-order chi connectivity index (χ1) is 20.2. The molecule has 5 rings (SSSR count). The zero-order chi connectivity index (χ0) is 29.7. The molecule has 4 heterocycles. The van der Waals surface area contributed by atoms with E-state index >= 15 is 0 Å². The Morgan fingerprint density at radius 2 is 1.76 bits per heavy atom. The molecule has 10 heteroatoms. The number of benzene rings is 1. The van der Waals surface area contributed by atoms with Crippen molar-refractivity contribution in [1.82, 2.24) is 19.5 Å². The van der Waals surface area contributed by atoms with Gasteiger partial charge in [0.2, 0.25) is 5.91 Å². The van der Waals surface area contributed by atoms with Crippen molar-refractivity contribution in [1.29, 1.82) is 0 Å². The Morgan fingerprint density at radius 3 is 2.48 bits per heavy atom. The van der Waals surface area contributed by atoms with Crippen molar-refractivity contribution < 1.29 is 18.7 Å². The molecule has 0 fully saturated rings. The maximum Gasteiger partial charge on any atom is 0.229 e. The Morgan fingerprint density at radius 1 is 0.976 bits per heavy atom. The summed E-state index contributed by atoms with van der Waals surface area (Å²) in [6.07, 6.45) is 5.23. The first-order valence-electron chi connectivity index (χ1n) is 13.8. The molecule has 5 aromatic rings. The van der Waals surface area contributed by atoms with Crippen molar-refractivity contribution in [3.8, 4) is 28.3 Å². The lowest BCUT2D eigenvalue weighted by atomic mass is 10.0. The number of nitrogens with zero attached hydrogens (tertiary/aromatic N) is 4. The van der Waals surface area contributed by atoms with Crippen LogP contribution in [0.2, 0.25) is 25.7 Å². The second-order valence-electron chi connectivity index (χ2n) is 11.2. The molecule has 1 aromatic carbocycles. The van der Waals surface area contributed by atoms with Gasteiger partial charge in [0.05, 0.1) is 30.5 Å². The van der Waals surface area contributed by atoms with E-state index in [1.807, 2.05) is 36.4 Å². The number of carbonyl (C=O) groups excluding carboxylic acids is 1. The number of hydrogen-bond acceptors (Lipinski definition) is 6. The van der Waals surface area contributed by atoms with Crippen LogP contribution in [-0.2, 0) is 22.7 Å². The van der Waals surface area contributed by atoms with Gasteiger partial charge in [-0.3, -0.25) is 14.8 Å². The number of carbonyl (C=O) groups is 1. The minimum atomic E-state index is -1.29. The number of ether oxygens (including phenoxy) is 2. The van der Waals surface area contributed by atoms with Crippen LogP contribution >= 0.6 is 0 Å². The van der Waals surface area contributed by atoms with E-state index in [9.17, 15) is 9.18 Å². The van der Waals surface area contributed by atoms with Crippen LogP contribution in [0.15, 0.2) is 79.3 Å². The molecule has 1 amide bonds. The number of methoxy groups -OCH3 is 1. The molecule has 8 nitrogen and oxygen atoms in total. The summed E-state index contributed by atoms with van der Waals surface area (Å²) >= 11 is 0. The van der Waals surface area contributed by atoms with Crippen molar-refractivity contribution in [3.05, 3.63) is 90.6 Å². The van der Waals surface area contributed by atoms with E-state index in [2.05, 4.69) is 39.5 Å². The van der Waals surface area contributed by atoms with E-state index in [1.165, 1.54) is 12.1 Å². The lowest BCUT2D eigenvalue weighted by Gasteiger charge is -2.18. The second-order valence-corrected chi connectivity index (χ2v) is 16.8. The monoisotopic (exact) mass is 583 g/mol. The third kappa shape index (κ3) is 6.72. The van der Waals surface area contributed by atoms with E-state index < -0.39 is 8.07 Å². The van der Waals surface area contributed by atoms with Crippen LogP contribution < -0.4 is 10.1 Å².